The van der Waals surface area contributed by atoms with Crippen molar-refractivity contribution in [1.82, 2.24) is 14.7 Å². The van der Waals surface area contributed by atoms with Crippen LogP contribution in [0, 0.1) is 5.82 Å². The molecule has 1 aromatic carbocycles. The summed E-state index contributed by atoms with van der Waals surface area (Å²) in [5, 5.41) is 4.33. The highest BCUT2D eigenvalue weighted by molar-refractivity contribution is 5.95. The molecule has 122 valence electrons. The number of aromatic nitrogens is 2. The van der Waals surface area contributed by atoms with E-state index in [0.29, 0.717) is 44.0 Å². The molecular formula is C17H20FN3O2. The maximum atomic E-state index is 13.5. The number of halogens is 1. The lowest BCUT2D eigenvalue weighted by molar-refractivity contribution is 0.0302. The standard InChI is InChI=1S/C17H20FN3O2/c1-2-4-16-15(17(22)20-7-9-23-10-8-20)12-19-21(16)14-6-3-5-13(18)11-14/h3,5-6,11-12H,2,4,7-10H2,1H3. The summed E-state index contributed by atoms with van der Waals surface area (Å²) >= 11 is 0. The Morgan fingerprint density at radius 3 is 2.83 bits per heavy atom. The molecule has 0 N–H and O–H groups in total. The lowest BCUT2D eigenvalue weighted by Gasteiger charge is -2.26. The topological polar surface area (TPSA) is 47.4 Å². The summed E-state index contributed by atoms with van der Waals surface area (Å²) in [7, 11) is 0. The first kappa shape index (κ1) is 15.7. The second-order valence-electron chi connectivity index (χ2n) is 5.55. The molecule has 6 heteroatoms. The lowest BCUT2D eigenvalue weighted by atomic mass is 10.1. The predicted octanol–water partition coefficient (Wildman–Crippen LogP) is 2.44. The van der Waals surface area contributed by atoms with E-state index in [1.165, 1.54) is 12.1 Å². The zero-order chi connectivity index (χ0) is 16.2. The van der Waals surface area contributed by atoms with Gasteiger partial charge in [0, 0.05) is 13.1 Å². The van der Waals surface area contributed by atoms with Gasteiger partial charge in [0.2, 0.25) is 0 Å². The highest BCUT2D eigenvalue weighted by Crippen LogP contribution is 2.19. The average molecular weight is 317 g/mol. The molecule has 0 unspecified atom stereocenters. The van der Waals surface area contributed by atoms with Crippen LogP contribution in [0.5, 0.6) is 0 Å². The number of carbonyl (C=O) groups excluding carboxylic acids is 1. The van der Waals surface area contributed by atoms with E-state index in [1.54, 1.807) is 27.9 Å². The van der Waals surface area contributed by atoms with Crippen molar-refractivity contribution in [2.45, 2.75) is 19.8 Å². The van der Waals surface area contributed by atoms with Gasteiger partial charge in [0.25, 0.3) is 5.91 Å². The fourth-order valence-corrected chi connectivity index (χ4v) is 2.80. The maximum Gasteiger partial charge on any atom is 0.257 e. The first-order valence-electron chi connectivity index (χ1n) is 7.90. The highest BCUT2D eigenvalue weighted by atomic mass is 19.1. The first-order valence-corrected chi connectivity index (χ1v) is 7.90. The number of benzene rings is 1. The largest absolute Gasteiger partial charge is 0.378 e. The molecule has 2 heterocycles. The Morgan fingerprint density at radius 2 is 2.13 bits per heavy atom. The van der Waals surface area contributed by atoms with Crippen LogP contribution in [-0.4, -0.2) is 46.9 Å². The molecule has 1 fully saturated rings. The number of hydrogen-bond donors (Lipinski definition) is 0. The molecule has 0 bridgehead atoms. The molecule has 1 aromatic heterocycles. The molecule has 2 aromatic rings. The molecule has 5 nitrogen and oxygen atoms in total. The second kappa shape index (κ2) is 6.91. The van der Waals surface area contributed by atoms with Crippen LogP contribution in [0.1, 0.15) is 29.4 Å². The van der Waals surface area contributed by atoms with Gasteiger partial charge in [-0.05, 0) is 24.6 Å². The Kier molecular flexibility index (Phi) is 4.71. The van der Waals surface area contributed by atoms with E-state index in [-0.39, 0.29) is 11.7 Å². The minimum absolute atomic E-state index is 0.0283. The van der Waals surface area contributed by atoms with Crippen molar-refractivity contribution in [2.24, 2.45) is 0 Å². The molecule has 3 rings (SSSR count). The third-order valence-corrected chi connectivity index (χ3v) is 3.94. The fourth-order valence-electron chi connectivity index (χ4n) is 2.80. The van der Waals surface area contributed by atoms with Crippen molar-refractivity contribution in [3.8, 4) is 5.69 Å². The zero-order valence-electron chi connectivity index (χ0n) is 13.2. The van der Waals surface area contributed by atoms with Crippen molar-refractivity contribution in [2.75, 3.05) is 26.3 Å². The van der Waals surface area contributed by atoms with Gasteiger partial charge >= 0.3 is 0 Å². The Labute approximate surface area is 134 Å². The van der Waals surface area contributed by atoms with E-state index in [0.717, 1.165) is 12.1 Å². The van der Waals surface area contributed by atoms with Gasteiger partial charge < -0.3 is 9.64 Å². The van der Waals surface area contributed by atoms with Crippen LogP contribution < -0.4 is 0 Å². The minimum atomic E-state index is -0.318. The van der Waals surface area contributed by atoms with Gasteiger partial charge in [0.15, 0.2) is 0 Å². The van der Waals surface area contributed by atoms with E-state index < -0.39 is 0 Å². The van der Waals surface area contributed by atoms with Crippen LogP contribution in [0.4, 0.5) is 4.39 Å². The summed E-state index contributed by atoms with van der Waals surface area (Å²) in [4.78, 5) is 14.5. The third kappa shape index (κ3) is 3.27. The van der Waals surface area contributed by atoms with Gasteiger partial charge in [0.05, 0.1) is 36.4 Å². The normalized spacial score (nSPS) is 15.0. The summed E-state index contributed by atoms with van der Waals surface area (Å²) < 4.78 is 20.5. The van der Waals surface area contributed by atoms with Gasteiger partial charge in [0.1, 0.15) is 5.82 Å². The van der Waals surface area contributed by atoms with E-state index in [9.17, 15) is 9.18 Å². The van der Waals surface area contributed by atoms with E-state index in [1.807, 2.05) is 6.92 Å². The van der Waals surface area contributed by atoms with Gasteiger partial charge in [-0.1, -0.05) is 19.4 Å². The molecule has 0 radical (unpaired) electrons. The Balaban J connectivity index is 1.96. The van der Waals surface area contributed by atoms with Gasteiger partial charge in [-0.25, -0.2) is 9.07 Å². The molecule has 23 heavy (non-hydrogen) atoms. The van der Waals surface area contributed by atoms with Gasteiger partial charge in [-0.15, -0.1) is 0 Å². The molecule has 0 spiro atoms. The number of hydrogen-bond acceptors (Lipinski definition) is 3. The molecule has 0 saturated carbocycles. The number of rotatable bonds is 4. The quantitative estimate of drug-likeness (QED) is 0.870. The van der Waals surface area contributed by atoms with Crippen LogP contribution in [0.3, 0.4) is 0 Å². The van der Waals surface area contributed by atoms with Crippen molar-refractivity contribution >= 4 is 5.91 Å². The molecule has 1 saturated heterocycles. The smallest absolute Gasteiger partial charge is 0.257 e. The maximum absolute atomic E-state index is 13.5. The van der Waals surface area contributed by atoms with Gasteiger partial charge in [-0.2, -0.15) is 5.10 Å². The first-order chi connectivity index (χ1) is 11.2. The lowest BCUT2D eigenvalue weighted by Crippen LogP contribution is -2.40. The summed E-state index contributed by atoms with van der Waals surface area (Å²) in [5.74, 6) is -0.346. The van der Waals surface area contributed by atoms with Crippen LogP contribution in [-0.2, 0) is 11.2 Å². The Bertz CT molecular complexity index is 693. The van der Waals surface area contributed by atoms with Crippen LogP contribution >= 0.6 is 0 Å². The van der Waals surface area contributed by atoms with Gasteiger partial charge in [-0.3, -0.25) is 4.79 Å². The molecule has 1 aliphatic heterocycles. The molecule has 0 atom stereocenters. The monoisotopic (exact) mass is 317 g/mol. The Morgan fingerprint density at radius 1 is 1.35 bits per heavy atom. The number of morpholine rings is 1. The van der Waals surface area contributed by atoms with E-state index in [2.05, 4.69) is 5.10 Å². The fraction of sp³-hybridized carbons (Fsp3) is 0.412. The highest BCUT2D eigenvalue weighted by Gasteiger charge is 2.24. The van der Waals surface area contributed by atoms with Crippen molar-refractivity contribution in [3.05, 3.63) is 47.5 Å². The minimum Gasteiger partial charge on any atom is -0.378 e. The second-order valence-corrected chi connectivity index (χ2v) is 5.55. The van der Waals surface area contributed by atoms with Crippen molar-refractivity contribution in [1.29, 1.82) is 0 Å². The molecule has 1 aliphatic rings. The number of nitrogens with zero attached hydrogens (tertiary/aromatic N) is 3. The zero-order valence-corrected chi connectivity index (χ0v) is 13.2. The summed E-state index contributed by atoms with van der Waals surface area (Å²) in [6.07, 6.45) is 3.18. The number of amides is 1. The summed E-state index contributed by atoms with van der Waals surface area (Å²) in [6, 6.07) is 6.26. The van der Waals surface area contributed by atoms with E-state index >= 15 is 0 Å². The van der Waals surface area contributed by atoms with Crippen molar-refractivity contribution < 1.29 is 13.9 Å². The summed E-state index contributed by atoms with van der Waals surface area (Å²) in [5.41, 5.74) is 2.06. The number of ether oxygens (including phenoxy) is 1. The summed E-state index contributed by atoms with van der Waals surface area (Å²) in [6.45, 7) is 4.36. The average Bonchev–Trinajstić information content (AvgIpc) is 2.99. The Hall–Kier alpha value is -2.21. The SMILES string of the molecule is CCCc1c(C(=O)N2CCOCC2)cnn1-c1cccc(F)c1. The molecule has 1 amide bonds. The molecule has 0 aliphatic carbocycles. The van der Waals surface area contributed by atoms with Crippen molar-refractivity contribution in [3.63, 3.8) is 0 Å². The van der Waals surface area contributed by atoms with Crippen LogP contribution in [0.2, 0.25) is 0 Å². The van der Waals surface area contributed by atoms with E-state index in [4.69, 9.17) is 4.74 Å². The predicted molar refractivity (Wildman–Crippen MR) is 84.2 cm³/mol. The third-order valence-electron chi connectivity index (χ3n) is 3.94. The molecular weight excluding hydrogens is 297 g/mol. The number of carbonyl (C=O) groups is 1. The van der Waals surface area contributed by atoms with Crippen LogP contribution in [0.15, 0.2) is 30.5 Å². The van der Waals surface area contributed by atoms with Crippen LogP contribution in [0.25, 0.3) is 5.69 Å².